The minimum Gasteiger partial charge on any atom is -0.461 e. The Morgan fingerprint density at radius 3 is 2.53 bits per heavy atom. The molecule has 0 heterocycles. The van der Waals surface area contributed by atoms with Crippen LogP contribution < -0.4 is 0 Å². The summed E-state index contributed by atoms with van der Waals surface area (Å²) >= 11 is 0. The fourth-order valence-corrected chi connectivity index (χ4v) is 1.99. The van der Waals surface area contributed by atoms with E-state index >= 15 is 0 Å². The predicted molar refractivity (Wildman–Crippen MR) is 57.3 cm³/mol. The Bertz CT molecular complexity index is 268. The Balaban J connectivity index is 2.35. The maximum atomic E-state index is 10.6. The quantitative estimate of drug-likeness (QED) is 0.405. The molecule has 1 rings (SSSR count). The van der Waals surface area contributed by atoms with Gasteiger partial charge in [0.1, 0.15) is 12.9 Å². The molecule has 1 fully saturated rings. The lowest BCUT2D eigenvalue weighted by Gasteiger charge is -2.06. The van der Waals surface area contributed by atoms with Crippen LogP contribution in [0.3, 0.4) is 0 Å². The molecule has 0 amide bonds. The fraction of sp³-hybridized carbons (Fsp3) is 0.667. The molecular weight excluding hydrogens is 192 g/mol. The molecule has 0 radical (unpaired) electrons. The molecule has 15 heavy (non-hydrogen) atoms. The van der Waals surface area contributed by atoms with Gasteiger partial charge in [0.05, 0.1) is 0 Å². The van der Waals surface area contributed by atoms with E-state index in [0.717, 1.165) is 31.1 Å². The van der Waals surface area contributed by atoms with Gasteiger partial charge < -0.3 is 9.53 Å². The van der Waals surface area contributed by atoms with Crippen molar-refractivity contribution >= 4 is 12.3 Å². The zero-order valence-electron chi connectivity index (χ0n) is 9.36. The van der Waals surface area contributed by atoms with Gasteiger partial charge in [-0.3, -0.25) is 4.79 Å². The number of aldehydes is 1. The molecule has 0 spiro atoms. The average molecular weight is 210 g/mol. The average Bonchev–Trinajstić information content (AvgIpc) is 2.62. The Morgan fingerprint density at radius 2 is 2.00 bits per heavy atom. The molecule has 1 aliphatic rings. The molecule has 1 saturated carbocycles. The summed E-state index contributed by atoms with van der Waals surface area (Å²) in [6, 6.07) is 0. The molecule has 0 aliphatic heterocycles. The summed E-state index contributed by atoms with van der Waals surface area (Å²) in [6.45, 7) is 3.74. The molecule has 3 heteroatoms. The molecule has 0 bridgehead atoms. The summed E-state index contributed by atoms with van der Waals surface area (Å²) in [5, 5.41) is 0. The van der Waals surface area contributed by atoms with E-state index in [0.29, 0.717) is 12.5 Å². The van der Waals surface area contributed by atoms with Crippen LogP contribution in [0.5, 0.6) is 0 Å². The van der Waals surface area contributed by atoms with Crippen LogP contribution in [-0.4, -0.2) is 18.9 Å². The van der Waals surface area contributed by atoms with Gasteiger partial charge in [0.2, 0.25) is 0 Å². The third-order valence-corrected chi connectivity index (χ3v) is 2.73. The highest BCUT2D eigenvalue weighted by Crippen LogP contribution is 2.31. The monoisotopic (exact) mass is 210 g/mol. The first kappa shape index (κ1) is 12.0. The third-order valence-electron chi connectivity index (χ3n) is 2.73. The van der Waals surface area contributed by atoms with Gasteiger partial charge in [-0.2, -0.15) is 0 Å². The van der Waals surface area contributed by atoms with E-state index in [1.54, 1.807) is 0 Å². The second-order valence-corrected chi connectivity index (χ2v) is 4.26. The number of allylic oxidation sites excluding steroid dienone is 1. The van der Waals surface area contributed by atoms with Crippen molar-refractivity contribution in [1.82, 2.24) is 0 Å². The topological polar surface area (TPSA) is 43.4 Å². The van der Waals surface area contributed by atoms with E-state index < -0.39 is 0 Å². The molecule has 0 aromatic carbocycles. The van der Waals surface area contributed by atoms with Crippen molar-refractivity contribution in [3.8, 4) is 0 Å². The molecule has 0 N–H and O–H groups in total. The van der Waals surface area contributed by atoms with Crippen molar-refractivity contribution in [1.29, 1.82) is 0 Å². The maximum Gasteiger partial charge on any atom is 0.302 e. The molecular formula is C12H18O3. The second-order valence-electron chi connectivity index (χ2n) is 4.26. The first-order chi connectivity index (χ1) is 7.11. The highest BCUT2D eigenvalue weighted by atomic mass is 16.5. The lowest BCUT2D eigenvalue weighted by molar-refractivity contribution is -0.140. The number of esters is 1. The summed E-state index contributed by atoms with van der Waals surface area (Å²) in [5.41, 5.74) is 1.07. The van der Waals surface area contributed by atoms with Gasteiger partial charge in [-0.25, -0.2) is 0 Å². The van der Waals surface area contributed by atoms with Crippen molar-refractivity contribution in [2.45, 2.75) is 33.1 Å². The highest BCUT2D eigenvalue weighted by molar-refractivity contribution is 5.66. The Morgan fingerprint density at radius 1 is 1.33 bits per heavy atom. The SMILES string of the molecule is CC(=O)OC/C(C)=C/[C@H]1CCC(C=O)C1. The smallest absolute Gasteiger partial charge is 0.302 e. The Hall–Kier alpha value is -1.12. The lowest BCUT2D eigenvalue weighted by Crippen LogP contribution is -2.03. The number of carbonyl (C=O) groups excluding carboxylic acids is 2. The summed E-state index contributed by atoms with van der Waals surface area (Å²) in [5.74, 6) is 0.462. The second kappa shape index (κ2) is 5.69. The maximum absolute atomic E-state index is 10.6. The van der Waals surface area contributed by atoms with E-state index in [1.807, 2.05) is 6.92 Å². The van der Waals surface area contributed by atoms with Crippen molar-refractivity contribution < 1.29 is 14.3 Å². The summed E-state index contributed by atoms with van der Waals surface area (Å²) in [6.07, 6.45) is 6.19. The van der Waals surface area contributed by atoms with Gasteiger partial charge in [0, 0.05) is 12.8 Å². The Labute approximate surface area is 90.5 Å². The van der Waals surface area contributed by atoms with Crippen LogP contribution in [0.4, 0.5) is 0 Å². The largest absolute Gasteiger partial charge is 0.461 e. The number of hydrogen-bond donors (Lipinski definition) is 0. The van der Waals surface area contributed by atoms with Crippen molar-refractivity contribution in [2.24, 2.45) is 11.8 Å². The van der Waals surface area contributed by atoms with Crippen LogP contribution in [0.2, 0.25) is 0 Å². The van der Waals surface area contributed by atoms with Gasteiger partial charge in [-0.05, 0) is 37.7 Å². The minimum atomic E-state index is -0.250. The standard InChI is InChI=1S/C12H18O3/c1-9(8-15-10(2)14)5-11-3-4-12(6-11)7-13/h5,7,11-12H,3-4,6,8H2,1-2H3/b9-5+/t11-,12?/m1/s1. The number of carbonyl (C=O) groups is 2. The summed E-state index contributed by atoms with van der Waals surface area (Å²) < 4.78 is 4.89. The van der Waals surface area contributed by atoms with Crippen molar-refractivity contribution in [2.75, 3.05) is 6.61 Å². The first-order valence-corrected chi connectivity index (χ1v) is 5.37. The Kier molecular flexibility index (Phi) is 4.53. The van der Waals surface area contributed by atoms with Crippen LogP contribution in [0.15, 0.2) is 11.6 Å². The molecule has 1 aliphatic carbocycles. The fourth-order valence-electron chi connectivity index (χ4n) is 1.99. The van der Waals surface area contributed by atoms with Gasteiger partial charge >= 0.3 is 5.97 Å². The molecule has 2 atom stereocenters. The summed E-state index contributed by atoms with van der Waals surface area (Å²) in [4.78, 5) is 21.2. The number of hydrogen-bond acceptors (Lipinski definition) is 3. The molecule has 0 saturated heterocycles. The predicted octanol–water partition coefficient (Wildman–Crippen LogP) is 2.11. The van der Waals surface area contributed by atoms with Gasteiger partial charge in [-0.1, -0.05) is 6.08 Å². The first-order valence-electron chi connectivity index (χ1n) is 5.37. The molecule has 3 nitrogen and oxygen atoms in total. The molecule has 0 aromatic rings. The summed E-state index contributed by atoms with van der Waals surface area (Å²) in [7, 11) is 0. The molecule has 0 aromatic heterocycles. The number of ether oxygens (including phenoxy) is 1. The third kappa shape index (κ3) is 4.28. The number of rotatable bonds is 4. The van der Waals surface area contributed by atoms with Crippen molar-refractivity contribution in [3.63, 3.8) is 0 Å². The van der Waals surface area contributed by atoms with Crippen LogP contribution in [0.25, 0.3) is 0 Å². The van der Waals surface area contributed by atoms with E-state index in [4.69, 9.17) is 4.74 Å². The van der Waals surface area contributed by atoms with Gasteiger partial charge in [-0.15, -0.1) is 0 Å². The highest BCUT2D eigenvalue weighted by Gasteiger charge is 2.22. The van der Waals surface area contributed by atoms with Crippen LogP contribution in [0, 0.1) is 11.8 Å². The van der Waals surface area contributed by atoms with E-state index in [-0.39, 0.29) is 11.9 Å². The normalized spacial score (nSPS) is 26.4. The zero-order valence-corrected chi connectivity index (χ0v) is 9.36. The van der Waals surface area contributed by atoms with Gasteiger partial charge in [0.25, 0.3) is 0 Å². The van der Waals surface area contributed by atoms with Crippen LogP contribution >= 0.6 is 0 Å². The van der Waals surface area contributed by atoms with Crippen LogP contribution in [-0.2, 0) is 14.3 Å². The van der Waals surface area contributed by atoms with E-state index in [9.17, 15) is 9.59 Å². The van der Waals surface area contributed by atoms with Crippen LogP contribution in [0.1, 0.15) is 33.1 Å². The van der Waals surface area contributed by atoms with E-state index in [2.05, 4.69) is 6.08 Å². The van der Waals surface area contributed by atoms with Gasteiger partial charge in [0.15, 0.2) is 0 Å². The van der Waals surface area contributed by atoms with Crippen molar-refractivity contribution in [3.05, 3.63) is 11.6 Å². The van der Waals surface area contributed by atoms with E-state index in [1.165, 1.54) is 6.92 Å². The lowest BCUT2D eigenvalue weighted by atomic mass is 10.0. The zero-order chi connectivity index (χ0) is 11.3. The molecule has 84 valence electrons. The molecule has 1 unspecified atom stereocenters. The minimum absolute atomic E-state index is 0.229.